The predicted octanol–water partition coefficient (Wildman–Crippen LogP) is 1.57. The highest BCUT2D eigenvalue weighted by atomic mass is 16.5. The molecule has 2 aromatic carbocycles. The van der Waals surface area contributed by atoms with E-state index in [9.17, 15) is 33.6 Å². The van der Waals surface area contributed by atoms with E-state index in [4.69, 9.17) is 4.74 Å². The first-order valence-electron chi connectivity index (χ1n) is 18.9. The number of anilines is 1. The fourth-order valence-electron chi connectivity index (χ4n) is 7.89. The number of cyclic esters (lactones) is 1. The number of hydrogen-bond donors (Lipinski definition) is 4. The van der Waals surface area contributed by atoms with Crippen molar-refractivity contribution in [2.45, 2.75) is 95.0 Å². The number of rotatable bonds is 6. The van der Waals surface area contributed by atoms with E-state index in [0.29, 0.717) is 50.8 Å². The van der Waals surface area contributed by atoms with Crippen molar-refractivity contribution in [1.29, 1.82) is 0 Å². The summed E-state index contributed by atoms with van der Waals surface area (Å²) < 4.78 is 5.74. The third kappa shape index (κ3) is 8.83. The fourth-order valence-corrected chi connectivity index (χ4v) is 7.89. The van der Waals surface area contributed by atoms with Crippen LogP contribution in [0.5, 0.6) is 0 Å². The summed E-state index contributed by atoms with van der Waals surface area (Å²) in [5.41, 5.74) is 1.25. The van der Waals surface area contributed by atoms with E-state index in [2.05, 4.69) is 21.3 Å². The summed E-state index contributed by atoms with van der Waals surface area (Å²) in [6, 6.07) is 10.9. The number of fused-ring (bicyclic) bond motifs is 3. The second-order valence-electron chi connectivity index (χ2n) is 14.7. The molecule has 4 saturated heterocycles. The van der Waals surface area contributed by atoms with Gasteiger partial charge in [0.25, 0.3) is 0 Å². The lowest BCUT2D eigenvalue weighted by Crippen LogP contribution is -2.62. The molecule has 4 aliphatic heterocycles. The average Bonchev–Trinajstić information content (AvgIpc) is 3.83. The number of para-hydroxylation sites is 1. The number of amides is 7. The number of urea groups is 1. The third-order valence-electron chi connectivity index (χ3n) is 10.6. The molecule has 6 rings (SSSR count). The maximum absolute atomic E-state index is 14.5. The Morgan fingerprint density at radius 3 is 2.20 bits per heavy atom. The maximum atomic E-state index is 14.5. The van der Waals surface area contributed by atoms with Gasteiger partial charge in [0.15, 0.2) is 0 Å². The molecule has 4 N–H and O–H groups in total. The van der Waals surface area contributed by atoms with Crippen LogP contribution in [0.2, 0.25) is 0 Å². The van der Waals surface area contributed by atoms with E-state index in [-0.39, 0.29) is 31.3 Å². The van der Waals surface area contributed by atoms with Gasteiger partial charge in [0.05, 0.1) is 0 Å². The Morgan fingerprint density at radius 2 is 1.46 bits per heavy atom. The molecule has 288 valence electrons. The van der Waals surface area contributed by atoms with E-state index in [1.165, 1.54) is 14.7 Å². The summed E-state index contributed by atoms with van der Waals surface area (Å²) in [6.45, 7) is 3.69. The van der Waals surface area contributed by atoms with Crippen molar-refractivity contribution in [2.24, 2.45) is 5.92 Å². The van der Waals surface area contributed by atoms with Crippen LogP contribution in [0.3, 0.4) is 0 Å². The molecule has 2 aromatic rings. The molecule has 0 spiro atoms. The van der Waals surface area contributed by atoms with Crippen LogP contribution in [0.1, 0.15) is 57.9 Å². The minimum absolute atomic E-state index is 0.0442. The van der Waals surface area contributed by atoms with Gasteiger partial charge in [-0.15, -0.1) is 0 Å². The molecule has 54 heavy (non-hydrogen) atoms. The van der Waals surface area contributed by atoms with Gasteiger partial charge in [-0.2, -0.15) is 0 Å². The molecule has 0 aliphatic carbocycles. The molecule has 0 saturated carbocycles. The SMILES string of the molecule is C[C@@H]1CC2C(=O)OC[C@H](NC(=O)[C@H](Cc3ccccc3)NC(=O)Nc3ccccc3)C(=O)N3CCC[C@H]3C(=O)N3CCCC[C@H]3C(=O)N[C@@H](C)C(=O)N2C1. The van der Waals surface area contributed by atoms with Gasteiger partial charge in [-0.3, -0.25) is 24.0 Å². The van der Waals surface area contributed by atoms with Crippen LogP contribution >= 0.6 is 0 Å². The number of nitrogens with zero attached hydrogens (tertiary/aromatic N) is 3. The largest absolute Gasteiger partial charge is 0.461 e. The highest BCUT2D eigenvalue weighted by Gasteiger charge is 2.46. The molecule has 4 heterocycles. The number of benzene rings is 2. The summed E-state index contributed by atoms with van der Waals surface area (Å²) in [4.78, 5) is 101. The molecule has 1 unspecified atom stereocenters. The van der Waals surface area contributed by atoms with Gasteiger partial charge in [-0.25, -0.2) is 9.59 Å². The Kier molecular flexibility index (Phi) is 12.1. The molecule has 15 heteroatoms. The number of piperidine rings is 1. The number of ether oxygens (including phenoxy) is 1. The molecular weight excluding hydrogens is 694 g/mol. The molecular formula is C39H49N7O8. The lowest BCUT2D eigenvalue weighted by atomic mass is 9.99. The third-order valence-corrected chi connectivity index (χ3v) is 10.6. The van der Waals surface area contributed by atoms with E-state index in [0.717, 1.165) is 5.56 Å². The minimum Gasteiger partial charge on any atom is -0.461 e. The first-order valence-corrected chi connectivity index (χ1v) is 18.9. The van der Waals surface area contributed by atoms with Crippen molar-refractivity contribution in [3.8, 4) is 0 Å². The van der Waals surface area contributed by atoms with Gasteiger partial charge in [0.2, 0.25) is 29.5 Å². The first kappa shape index (κ1) is 38.3. The molecule has 4 fully saturated rings. The van der Waals surface area contributed by atoms with Crippen molar-refractivity contribution < 1.29 is 38.3 Å². The van der Waals surface area contributed by atoms with E-state index in [1.807, 2.05) is 13.0 Å². The lowest BCUT2D eigenvalue weighted by Gasteiger charge is -2.39. The standard InChI is InChI=1S/C39H49N7O8/c1-24-20-32-38(52)54-23-29(42-33(47)28(21-26-12-5-3-6-13-26)43-39(53)41-27-14-7-4-8-15-27)36(50)45-19-11-17-31(45)37(51)44-18-10-9-16-30(44)34(48)40-25(2)35(49)46(32)22-24/h3-8,12-15,24-25,28-32H,9-11,16-23H2,1-2H3,(H,40,48)(H,42,47)(H2,41,43,53)/t24-,25+,28+,29+,30+,31+,32?/m1/s1. The molecule has 0 radical (unpaired) electrons. The van der Waals surface area contributed by atoms with Crippen molar-refractivity contribution >= 4 is 47.2 Å². The average molecular weight is 744 g/mol. The molecule has 7 amide bonds. The topological polar surface area (TPSA) is 187 Å². The van der Waals surface area contributed by atoms with Gasteiger partial charge >= 0.3 is 12.0 Å². The zero-order valence-electron chi connectivity index (χ0n) is 30.7. The van der Waals surface area contributed by atoms with Gasteiger partial charge < -0.3 is 40.7 Å². The van der Waals surface area contributed by atoms with Crippen molar-refractivity contribution in [3.05, 3.63) is 66.2 Å². The lowest BCUT2D eigenvalue weighted by molar-refractivity contribution is -0.158. The van der Waals surface area contributed by atoms with Crippen LogP contribution in [-0.4, -0.2) is 119 Å². The van der Waals surface area contributed by atoms with Crippen molar-refractivity contribution in [2.75, 3.05) is 31.6 Å². The van der Waals surface area contributed by atoms with Gasteiger partial charge in [-0.05, 0) is 69.1 Å². The van der Waals surface area contributed by atoms with Gasteiger partial charge in [-0.1, -0.05) is 55.5 Å². The molecule has 15 nitrogen and oxygen atoms in total. The summed E-state index contributed by atoms with van der Waals surface area (Å²) >= 11 is 0. The number of hydrogen-bond acceptors (Lipinski definition) is 8. The summed E-state index contributed by atoms with van der Waals surface area (Å²) in [6.07, 6.45) is 3.04. The second kappa shape index (κ2) is 17.1. The summed E-state index contributed by atoms with van der Waals surface area (Å²) in [7, 11) is 0. The minimum atomic E-state index is -1.43. The van der Waals surface area contributed by atoms with Crippen LogP contribution in [0.15, 0.2) is 60.7 Å². The predicted molar refractivity (Wildman–Crippen MR) is 196 cm³/mol. The Balaban J connectivity index is 1.30. The monoisotopic (exact) mass is 743 g/mol. The smallest absolute Gasteiger partial charge is 0.328 e. The Morgan fingerprint density at radius 1 is 0.796 bits per heavy atom. The van der Waals surface area contributed by atoms with E-state index >= 15 is 0 Å². The second-order valence-corrected chi connectivity index (χ2v) is 14.7. The quantitative estimate of drug-likeness (QED) is 0.321. The van der Waals surface area contributed by atoms with Crippen molar-refractivity contribution in [3.63, 3.8) is 0 Å². The number of nitrogens with one attached hydrogen (secondary N) is 4. The summed E-state index contributed by atoms with van der Waals surface area (Å²) in [5.74, 6) is -3.44. The fraction of sp³-hybridized carbons (Fsp3) is 0.513. The molecule has 0 aromatic heterocycles. The zero-order valence-corrected chi connectivity index (χ0v) is 30.7. The number of carbonyl (C=O) groups is 7. The maximum Gasteiger partial charge on any atom is 0.328 e. The Bertz CT molecular complexity index is 1730. The van der Waals surface area contributed by atoms with Crippen LogP contribution in [-0.2, 0) is 39.9 Å². The van der Waals surface area contributed by atoms with Crippen LogP contribution in [0.25, 0.3) is 0 Å². The van der Waals surface area contributed by atoms with Crippen LogP contribution < -0.4 is 21.3 Å². The molecule has 4 aliphatic rings. The first-order chi connectivity index (χ1) is 26.0. The van der Waals surface area contributed by atoms with Gasteiger partial charge in [0.1, 0.15) is 42.9 Å². The highest BCUT2D eigenvalue weighted by molar-refractivity contribution is 5.98. The normalized spacial score (nSPS) is 27.2. The van der Waals surface area contributed by atoms with Crippen LogP contribution in [0.4, 0.5) is 10.5 Å². The summed E-state index contributed by atoms with van der Waals surface area (Å²) in [5, 5.41) is 11.0. The number of carbonyl (C=O) groups excluding carboxylic acids is 7. The van der Waals surface area contributed by atoms with Crippen LogP contribution in [0, 0.1) is 5.92 Å². The Hall–Kier alpha value is -5.47. The Labute approximate surface area is 314 Å². The molecule has 0 bridgehead atoms. The zero-order chi connectivity index (χ0) is 38.4. The van der Waals surface area contributed by atoms with E-state index < -0.39 is 78.5 Å². The van der Waals surface area contributed by atoms with Crippen molar-refractivity contribution in [1.82, 2.24) is 30.7 Å². The molecule has 7 atom stereocenters. The van der Waals surface area contributed by atoms with Gasteiger partial charge in [0, 0.05) is 31.7 Å². The highest BCUT2D eigenvalue weighted by Crippen LogP contribution is 2.28. The number of esters is 1. The van der Waals surface area contributed by atoms with E-state index in [1.54, 1.807) is 61.5 Å².